The highest BCUT2D eigenvalue weighted by molar-refractivity contribution is 5.35. The van der Waals surface area contributed by atoms with Gasteiger partial charge in [-0.15, -0.1) is 0 Å². The van der Waals surface area contributed by atoms with E-state index in [0.29, 0.717) is 0 Å². The molecule has 6 nitrogen and oxygen atoms in total. The van der Waals surface area contributed by atoms with Gasteiger partial charge >= 0.3 is 7.90 Å². The third-order valence-electron chi connectivity index (χ3n) is 0.0823. The van der Waals surface area contributed by atoms with E-state index in [1.54, 1.807) is 0 Å². The quantitative estimate of drug-likeness (QED) is 0.336. The van der Waals surface area contributed by atoms with Gasteiger partial charge in [0, 0.05) is 1.43 Å². The van der Waals surface area contributed by atoms with E-state index in [-0.39, 0.29) is 30.7 Å². The number of hydrogen-bond donors (Lipinski definition) is 1. The Morgan fingerprint density at radius 1 is 1.40 bits per heavy atom. The fraction of sp³-hybridized carbons (Fsp3) is 0.500. The van der Waals surface area contributed by atoms with Crippen LogP contribution < -0.4 is 5.26 Å². The number of carbonyl (C=O) groups excluding carboxylic acids is 2. The van der Waals surface area contributed by atoms with E-state index in [1.165, 1.54) is 0 Å². The van der Waals surface area contributed by atoms with Crippen LogP contribution in [0.5, 0.6) is 0 Å². The van der Waals surface area contributed by atoms with Crippen molar-refractivity contribution >= 4 is 12.9 Å². The normalized spacial score (nSPS) is 4.20. The van der Waals surface area contributed by atoms with Crippen molar-refractivity contribution in [3.05, 3.63) is 0 Å². The molecule has 0 fully saturated rings. The van der Waals surface area contributed by atoms with E-state index in [2.05, 4.69) is 9.78 Å². The number of carbonyl (C=O) groups is 2. The third-order valence-corrected chi connectivity index (χ3v) is 0.0823. The second-order valence-electron chi connectivity index (χ2n) is 0.394. The molecule has 0 rings (SSSR count). The fourth-order valence-electron chi connectivity index (χ4n) is 0. The topological polar surface area (TPSA) is 95.9 Å². The maximum Gasteiger partial charge on any atom is 1.00 e. The summed E-state index contributed by atoms with van der Waals surface area (Å²) in [6, 6.07) is 0. The minimum absolute atomic E-state index is 0. The minimum Gasteiger partial charge on any atom is -0.662 e. The molecule has 0 aromatic carbocycles. The van der Waals surface area contributed by atoms with Gasteiger partial charge in [-0.3, -0.25) is 9.59 Å². The van der Waals surface area contributed by atoms with Crippen LogP contribution in [0.1, 0.15) is 17.7 Å². The van der Waals surface area contributed by atoms with Gasteiger partial charge in [0.2, 0.25) is 0 Å². The Morgan fingerprint density at radius 3 is 1.60 bits per heavy atom. The smallest absolute Gasteiger partial charge is 0.662 e. The average Bonchev–Trinajstić information content (AvgIpc) is 1.88. The molecule has 0 amide bonds. The monoisotopic (exact) mass is 158 g/mol. The van der Waals surface area contributed by atoms with Crippen molar-refractivity contribution in [3.8, 4) is 0 Å². The summed E-state index contributed by atoms with van der Waals surface area (Å²) >= 11 is 0. The highest BCUT2D eigenvalue weighted by atomic mass is 17.1. The first-order valence-electron chi connectivity index (χ1n) is 1.29. The third kappa shape index (κ3) is 319. The Morgan fingerprint density at radius 2 is 1.60 bits per heavy atom. The lowest BCUT2D eigenvalue weighted by Gasteiger charge is -1.88. The molecule has 0 bridgehead atoms. The van der Waals surface area contributed by atoms with E-state index in [0.717, 1.165) is 0 Å². The second kappa shape index (κ2) is 45.2. The molecule has 0 aliphatic rings. The van der Waals surface area contributed by atoms with Crippen molar-refractivity contribution in [1.29, 1.82) is 0 Å². The Balaban J connectivity index is -0.0000000112. The first kappa shape index (κ1) is 23.2. The van der Waals surface area contributed by atoms with E-state index in [9.17, 15) is 0 Å². The standard InChI is InChI=1S/2CH2O3.2CH4.H2/c2*2-1-4-3;;;/h2*1,3H;2*1H4;1H. The molecule has 0 aromatic rings. The second-order valence-corrected chi connectivity index (χ2v) is 0.394. The summed E-state index contributed by atoms with van der Waals surface area (Å²) in [5.74, 6) is 0. The zero-order valence-electron chi connectivity index (χ0n) is 4.64. The lowest BCUT2D eigenvalue weighted by Crippen LogP contribution is -2.00. The lowest BCUT2D eigenvalue weighted by molar-refractivity contribution is -0.652. The van der Waals surface area contributed by atoms with Gasteiger partial charge in [0.15, 0.2) is 0 Å². The summed E-state index contributed by atoms with van der Waals surface area (Å²) in [6.07, 6.45) is 0. The Hall–Kier alpha value is -1.14. The Kier molecular flexibility index (Phi) is 105. The maximum absolute atomic E-state index is 8.70. The molecule has 66 valence electrons. The summed E-state index contributed by atoms with van der Waals surface area (Å²) in [5.41, 5.74) is 0. The molecule has 0 aliphatic carbocycles. The van der Waals surface area contributed by atoms with Crippen molar-refractivity contribution in [1.82, 2.24) is 0 Å². The predicted octanol–water partition coefficient (Wildman–Crippen LogP) is -0.302. The van der Waals surface area contributed by atoms with Crippen LogP contribution in [0.25, 0.3) is 0 Å². The predicted molar refractivity (Wildman–Crippen MR) is 33.6 cm³/mol. The van der Waals surface area contributed by atoms with Gasteiger partial charge in [-0.1, -0.05) is 14.9 Å². The van der Waals surface area contributed by atoms with E-state index >= 15 is 0 Å². The average molecular weight is 158 g/mol. The largest absolute Gasteiger partial charge is 1.00 e. The van der Waals surface area contributed by atoms with E-state index in [1.807, 2.05) is 0 Å². The van der Waals surface area contributed by atoms with Gasteiger partial charge in [-0.25, -0.2) is 5.26 Å². The molecule has 0 aliphatic heterocycles. The zero-order chi connectivity index (χ0) is 6.83. The van der Waals surface area contributed by atoms with Gasteiger partial charge in [-0.05, 0) is 0 Å². The minimum atomic E-state index is -0.181. The number of rotatable bonds is 2. The van der Waals surface area contributed by atoms with Crippen molar-refractivity contribution in [2.75, 3.05) is 0 Å². The highest BCUT2D eigenvalue weighted by Crippen LogP contribution is 1.33. The first-order chi connectivity index (χ1) is 3.83. The van der Waals surface area contributed by atoms with Crippen LogP contribution in [0.2, 0.25) is 0 Å². The molecule has 0 unspecified atom stereocenters. The van der Waals surface area contributed by atoms with Gasteiger partial charge in [0.05, 0.1) is 0 Å². The molecule has 0 heterocycles. The summed E-state index contributed by atoms with van der Waals surface area (Å²) < 4.78 is 0. The van der Waals surface area contributed by atoms with Crippen LogP contribution in [-0.2, 0) is 19.4 Å². The first-order valence-corrected chi connectivity index (χ1v) is 1.29. The fourth-order valence-corrected chi connectivity index (χ4v) is 0. The summed E-state index contributed by atoms with van der Waals surface area (Å²) in [5, 5.41) is 15.4. The summed E-state index contributed by atoms with van der Waals surface area (Å²) in [7, 11) is 0. The van der Waals surface area contributed by atoms with Crippen molar-refractivity contribution < 1.29 is 32.7 Å². The lowest BCUT2D eigenvalue weighted by atomic mass is 11.7. The van der Waals surface area contributed by atoms with Crippen LogP contribution in [0, 0.1) is 0 Å². The zero-order valence-corrected chi connectivity index (χ0v) is 3.64. The molecule has 0 saturated heterocycles. The molecule has 10 heavy (non-hydrogen) atoms. The molecule has 0 radical (unpaired) electrons. The highest BCUT2D eigenvalue weighted by Gasteiger charge is 1.47. The van der Waals surface area contributed by atoms with Crippen LogP contribution >= 0.6 is 0 Å². The van der Waals surface area contributed by atoms with Crippen LogP contribution in [0.15, 0.2) is 0 Å². The molecule has 6 heteroatoms. The molecular weight excluding hydrogens is 144 g/mol. The van der Waals surface area contributed by atoms with Crippen molar-refractivity contribution in [2.24, 2.45) is 0 Å². The molecular formula is C4H14O6. The molecule has 0 saturated carbocycles. The van der Waals surface area contributed by atoms with Gasteiger partial charge in [0.25, 0.3) is 6.47 Å². The molecule has 1 N–H and O–H groups in total. The van der Waals surface area contributed by atoms with E-state index in [4.69, 9.17) is 20.1 Å². The van der Waals surface area contributed by atoms with Gasteiger partial charge in [-0.2, -0.15) is 0 Å². The maximum atomic E-state index is 8.70. The van der Waals surface area contributed by atoms with Crippen molar-refractivity contribution in [2.45, 2.75) is 14.9 Å². The molecule has 0 atom stereocenters. The molecule has 0 aromatic heterocycles. The van der Waals surface area contributed by atoms with Crippen LogP contribution in [0.3, 0.4) is 0 Å². The summed E-state index contributed by atoms with van der Waals surface area (Å²) in [4.78, 5) is 22.8. The Bertz CT molecular complexity index is 53.5. The molecule has 0 spiro atoms. The Labute approximate surface area is 61.8 Å². The SMILES string of the molecule is C.C.O=COO.O=CO[O-].[H+].[HH]. The van der Waals surface area contributed by atoms with Gasteiger partial charge < -0.3 is 15.0 Å². The number of hydrogen-bond acceptors (Lipinski definition) is 6. The van der Waals surface area contributed by atoms with E-state index < -0.39 is 0 Å². The van der Waals surface area contributed by atoms with Crippen LogP contribution in [0.4, 0.5) is 0 Å². The van der Waals surface area contributed by atoms with Crippen LogP contribution in [-0.4, -0.2) is 18.2 Å². The van der Waals surface area contributed by atoms with Gasteiger partial charge in [0.1, 0.15) is 0 Å². The van der Waals surface area contributed by atoms with Crippen molar-refractivity contribution in [3.63, 3.8) is 0 Å². The summed E-state index contributed by atoms with van der Waals surface area (Å²) in [6.45, 7) is -0.250.